The lowest BCUT2D eigenvalue weighted by Crippen LogP contribution is -2.38. The first-order valence-electron chi connectivity index (χ1n) is 6.74. The standard InChI is InChI=1S/C13H19N5OS/c1-9-8-20-13(14-9)11-6-18(4-5-19-11)7-12-16-15-10(2)17(12)3/h8,11H,4-7H2,1-3H3/t11-/m1/s1. The molecule has 3 rings (SSSR count). The zero-order chi connectivity index (χ0) is 14.1. The molecule has 0 aliphatic carbocycles. The highest BCUT2D eigenvalue weighted by Crippen LogP contribution is 2.25. The molecule has 1 saturated heterocycles. The van der Waals surface area contributed by atoms with E-state index in [1.165, 1.54) is 0 Å². The van der Waals surface area contributed by atoms with Crippen LogP contribution >= 0.6 is 11.3 Å². The summed E-state index contributed by atoms with van der Waals surface area (Å²) in [6.45, 7) is 7.31. The third-order valence-corrected chi connectivity index (χ3v) is 4.67. The van der Waals surface area contributed by atoms with Gasteiger partial charge in [0.2, 0.25) is 0 Å². The highest BCUT2D eigenvalue weighted by Gasteiger charge is 2.25. The first-order chi connectivity index (χ1) is 9.63. The van der Waals surface area contributed by atoms with Crippen LogP contribution in [0.4, 0.5) is 0 Å². The Balaban J connectivity index is 1.68. The lowest BCUT2D eigenvalue weighted by Gasteiger charge is -2.31. The van der Waals surface area contributed by atoms with Crippen molar-refractivity contribution in [3.05, 3.63) is 27.7 Å². The second-order valence-corrected chi connectivity index (χ2v) is 6.03. The van der Waals surface area contributed by atoms with Crippen LogP contribution in [0.15, 0.2) is 5.38 Å². The summed E-state index contributed by atoms with van der Waals surface area (Å²) in [5.74, 6) is 1.94. The van der Waals surface area contributed by atoms with Gasteiger partial charge in [-0.1, -0.05) is 0 Å². The molecule has 0 unspecified atom stereocenters. The number of rotatable bonds is 3. The molecular weight excluding hydrogens is 274 g/mol. The molecule has 108 valence electrons. The Morgan fingerprint density at radius 3 is 2.90 bits per heavy atom. The second kappa shape index (κ2) is 5.59. The van der Waals surface area contributed by atoms with Crippen LogP contribution in [0.3, 0.4) is 0 Å². The Kier molecular flexibility index (Phi) is 3.82. The molecule has 1 atom stereocenters. The normalized spacial score (nSPS) is 20.4. The number of nitrogens with zero attached hydrogens (tertiary/aromatic N) is 5. The fourth-order valence-electron chi connectivity index (χ4n) is 2.30. The van der Waals surface area contributed by atoms with Crippen LogP contribution in [0.2, 0.25) is 0 Å². The van der Waals surface area contributed by atoms with Gasteiger partial charge in [0.1, 0.15) is 22.8 Å². The average molecular weight is 293 g/mol. The Bertz CT molecular complexity index is 593. The molecule has 1 fully saturated rings. The van der Waals surface area contributed by atoms with E-state index in [9.17, 15) is 0 Å². The van der Waals surface area contributed by atoms with Gasteiger partial charge in [-0.15, -0.1) is 21.5 Å². The number of aromatic nitrogens is 4. The van der Waals surface area contributed by atoms with Crippen LogP contribution in [0.25, 0.3) is 0 Å². The predicted molar refractivity (Wildman–Crippen MR) is 76.6 cm³/mol. The highest BCUT2D eigenvalue weighted by atomic mass is 32.1. The van der Waals surface area contributed by atoms with Gasteiger partial charge >= 0.3 is 0 Å². The molecule has 0 aromatic carbocycles. The number of hydrogen-bond donors (Lipinski definition) is 0. The van der Waals surface area contributed by atoms with Gasteiger partial charge in [0.15, 0.2) is 0 Å². The molecular formula is C13H19N5OS. The van der Waals surface area contributed by atoms with Gasteiger partial charge < -0.3 is 9.30 Å². The maximum absolute atomic E-state index is 5.84. The molecule has 0 spiro atoms. The summed E-state index contributed by atoms with van der Waals surface area (Å²) in [7, 11) is 2.01. The van der Waals surface area contributed by atoms with Crippen LogP contribution in [0.5, 0.6) is 0 Å². The lowest BCUT2D eigenvalue weighted by atomic mass is 10.2. The summed E-state index contributed by atoms with van der Waals surface area (Å²) < 4.78 is 7.88. The highest BCUT2D eigenvalue weighted by molar-refractivity contribution is 7.09. The molecule has 0 N–H and O–H groups in total. The minimum Gasteiger partial charge on any atom is -0.368 e. The van der Waals surface area contributed by atoms with Crippen molar-refractivity contribution in [2.24, 2.45) is 7.05 Å². The van der Waals surface area contributed by atoms with Crippen molar-refractivity contribution in [3.63, 3.8) is 0 Å². The van der Waals surface area contributed by atoms with Gasteiger partial charge in [-0.05, 0) is 13.8 Å². The molecule has 2 aromatic rings. The van der Waals surface area contributed by atoms with E-state index in [1.807, 2.05) is 25.5 Å². The Morgan fingerprint density at radius 2 is 2.25 bits per heavy atom. The quantitative estimate of drug-likeness (QED) is 0.857. The SMILES string of the molecule is Cc1csc([C@H]2CN(Cc3nnc(C)n3C)CCO2)n1. The lowest BCUT2D eigenvalue weighted by molar-refractivity contribution is -0.0340. The van der Waals surface area contributed by atoms with E-state index in [1.54, 1.807) is 11.3 Å². The van der Waals surface area contributed by atoms with Crippen molar-refractivity contribution in [1.29, 1.82) is 0 Å². The smallest absolute Gasteiger partial charge is 0.146 e. The molecule has 6 nitrogen and oxygen atoms in total. The largest absolute Gasteiger partial charge is 0.368 e. The molecule has 2 aromatic heterocycles. The molecule has 0 amide bonds. The van der Waals surface area contributed by atoms with Crippen molar-refractivity contribution in [2.75, 3.05) is 19.7 Å². The van der Waals surface area contributed by atoms with Gasteiger partial charge in [-0.25, -0.2) is 4.98 Å². The zero-order valence-electron chi connectivity index (χ0n) is 12.0. The number of hydrogen-bond acceptors (Lipinski definition) is 6. The molecule has 7 heteroatoms. The Labute approximate surface area is 122 Å². The molecule has 0 radical (unpaired) electrons. The van der Waals surface area contributed by atoms with E-state index in [2.05, 4.69) is 25.5 Å². The minimum absolute atomic E-state index is 0.0803. The van der Waals surface area contributed by atoms with E-state index < -0.39 is 0 Å². The summed E-state index contributed by atoms with van der Waals surface area (Å²) in [6, 6.07) is 0. The van der Waals surface area contributed by atoms with Crippen LogP contribution < -0.4 is 0 Å². The molecule has 1 aliphatic heterocycles. The van der Waals surface area contributed by atoms with Crippen LogP contribution in [0.1, 0.15) is 28.5 Å². The van der Waals surface area contributed by atoms with Crippen LogP contribution in [-0.2, 0) is 18.3 Å². The fraction of sp³-hybridized carbons (Fsp3) is 0.615. The van der Waals surface area contributed by atoms with Gasteiger partial charge in [-0.3, -0.25) is 4.90 Å². The van der Waals surface area contributed by atoms with E-state index in [0.717, 1.165) is 48.6 Å². The Hall–Kier alpha value is -1.31. The van der Waals surface area contributed by atoms with E-state index in [0.29, 0.717) is 0 Å². The predicted octanol–water partition coefficient (Wildman–Crippen LogP) is 1.46. The summed E-state index contributed by atoms with van der Waals surface area (Å²) >= 11 is 1.68. The van der Waals surface area contributed by atoms with Crippen LogP contribution in [0, 0.1) is 13.8 Å². The molecule has 0 saturated carbocycles. The van der Waals surface area contributed by atoms with E-state index in [4.69, 9.17) is 4.74 Å². The van der Waals surface area contributed by atoms with Crippen molar-refractivity contribution in [1.82, 2.24) is 24.6 Å². The fourth-order valence-corrected chi connectivity index (χ4v) is 3.14. The zero-order valence-corrected chi connectivity index (χ0v) is 12.9. The number of thiazole rings is 1. The summed E-state index contributed by atoms with van der Waals surface area (Å²) in [5.41, 5.74) is 1.06. The van der Waals surface area contributed by atoms with E-state index in [-0.39, 0.29) is 6.10 Å². The molecule has 0 bridgehead atoms. The van der Waals surface area contributed by atoms with Crippen LogP contribution in [-0.4, -0.2) is 44.3 Å². The maximum atomic E-state index is 5.84. The molecule has 1 aliphatic rings. The Morgan fingerprint density at radius 1 is 1.40 bits per heavy atom. The van der Waals surface area contributed by atoms with Crippen molar-refractivity contribution in [3.8, 4) is 0 Å². The van der Waals surface area contributed by atoms with Gasteiger partial charge in [0.05, 0.1) is 13.2 Å². The monoisotopic (exact) mass is 293 g/mol. The number of morpholine rings is 1. The molecule has 20 heavy (non-hydrogen) atoms. The molecule has 3 heterocycles. The first-order valence-corrected chi connectivity index (χ1v) is 7.62. The maximum Gasteiger partial charge on any atom is 0.146 e. The number of aryl methyl sites for hydroxylation is 2. The first kappa shape index (κ1) is 13.7. The average Bonchev–Trinajstić information content (AvgIpc) is 3.00. The third-order valence-electron chi connectivity index (χ3n) is 3.61. The third kappa shape index (κ3) is 2.74. The van der Waals surface area contributed by atoms with Crippen molar-refractivity contribution < 1.29 is 4.74 Å². The minimum atomic E-state index is 0.0803. The van der Waals surface area contributed by atoms with Crippen molar-refractivity contribution in [2.45, 2.75) is 26.5 Å². The van der Waals surface area contributed by atoms with Gasteiger partial charge in [0, 0.05) is 31.2 Å². The van der Waals surface area contributed by atoms with Gasteiger partial charge in [-0.2, -0.15) is 0 Å². The second-order valence-electron chi connectivity index (χ2n) is 5.14. The summed E-state index contributed by atoms with van der Waals surface area (Å²) in [5, 5.41) is 11.5. The van der Waals surface area contributed by atoms with E-state index >= 15 is 0 Å². The van der Waals surface area contributed by atoms with Crippen molar-refractivity contribution >= 4 is 11.3 Å². The topological polar surface area (TPSA) is 56.1 Å². The summed E-state index contributed by atoms with van der Waals surface area (Å²) in [4.78, 5) is 6.89. The van der Waals surface area contributed by atoms with Gasteiger partial charge in [0.25, 0.3) is 0 Å². The summed E-state index contributed by atoms with van der Waals surface area (Å²) in [6.07, 6.45) is 0.0803. The number of ether oxygens (including phenoxy) is 1.